The van der Waals surface area contributed by atoms with E-state index >= 15 is 0 Å². The van der Waals surface area contributed by atoms with Gasteiger partial charge in [0.25, 0.3) is 0 Å². The van der Waals surface area contributed by atoms with E-state index in [4.69, 9.17) is 18.8 Å². The molecule has 0 N–H and O–H groups in total. The van der Waals surface area contributed by atoms with Crippen molar-refractivity contribution in [3.05, 3.63) is 23.8 Å². The molecule has 0 bridgehead atoms. The fourth-order valence-corrected chi connectivity index (χ4v) is 2.59. The number of hydrogen-bond donors (Lipinski definition) is 0. The van der Waals surface area contributed by atoms with E-state index in [2.05, 4.69) is 0 Å². The highest BCUT2D eigenvalue weighted by Crippen LogP contribution is 2.36. The van der Waals surface area contributed by atoms with Crippen molar-refractivity contribution < 1.29 is 23.6 Å². The monoisotopic (exact) mass is 348 g/mol. The van der Waals surface area contributed by atoms with Gasteiger partial charge >= 0.3 is 13.1 Å². The van der Waals surface area contributed by atoms with Crippen molar-refractivity contribution in [2.75, 3.05) is 13.2 Å². The molecule has 1 heterocycles. The summed E-state index contributed by atoms with van der Waals surface area (Å²) in [4.78, 5) is 11.3. The van der Waals surface area contributed by atoms with Gasteiger partial charge in [0.1, 0.15) is 5.75 Å². The summed E-state index contributed by atoms with van der Waals surface area (Å²) < 4.78 is 22.8. The minimum atomic E-state index is -0.374. The van der Waals surface area contributed by atoms with Gasteiger partial charge in [0, 0.05) is 6.42 Å². The molecule has 1 aromatic rings. The molecule has 0 amide bonds. The number of hydrogen-bond acceptors (Lipinski definition) is 5. The van der Waals surface area contributed by atoms with Gasteiger partial charge < -0.3 is 18.8 Å². The Hall–Kier alpha value is -1.53. The lowest BCUT2D eigenvalue weighted by atomic mass is 9.78. The SMILES string of the molecule is CCOC(=O)CCCOc1ccc(B2OC(C)(C)C(C)(C)O2)cc1C. The summed E-state index contributed by atoms with van der Waals surface area (Å²) in [5.74, 6) is 0.628. The van der Waals surface area contributed by atoms with Gasteiger partial charge in [0.15, 0.2) is 0 Å². The van der Waals surface area contributed by atoms with Gasteiger partial charge in [-0.2, -0.15) is 0 Å². The highest BCUT2D eigenvalue weighted by atomic mass is 16.7. The summed E-state index contributed by atoms with van der Waals surface area (Å²) in [6, 6.07) is 5.93. The summed E-state index contributed by atoms with van der Waals surface area (Å²) in [7, 11) is -0.374. The fraction of sp³-hybridized carbons (Fsp3) is 0.632. The van der Waals surface area contributed by atoms with E-state index in [0.717, 1.165) is 16.8 Å². The van der Waals surface area contributed by atoms with Crippen LogP contribution in [0, 0.1) is 6.92 Å². The molecule has 1 saturated heterocycles. The molecule has 1 aliphatic heterocycles. The molecule has 25 heavy (non-hydrogen) atoms. The first-order chi connectivity index (χ1) is 11.7. The van der Waals surface area contributed by atoms with Crippen molar-refractivity contribution in [2.24, 2.45) is 0 Å². The zero-order chi connectivity index (χ0) is 18.7. The van der Waals surface area contributed by atoms with E-state index in [0.29, 0.717) is 26.1 Å². The predicted molar refractivity (Wildman–Crippen MR) is 98.3 cm³/mol. The van der Waals surface area contributed by atoms with Gasteiger partial charge in [0.2, 0.25) is 0 Å². The summed E-state index contributed by atoms with van der Waals surface area (Å²) in [5.41, 5.74) is 1.29. The molecule has 0 spiro atoms. The molecule has 0 aliphatic carbocycles. The van der Waals surface area contributed by atoms with Crippen molar-refractivity contribution in [3.8, 4) is 5.75 Å². The Morgan fingerprint density at radius 2 is 1.80 bits per heavy atom. The van der Waals surface area contributed by atoms with Crippen LogP contribution in [0.1, 0.15) is 53.0 Å². The van der Waals surface area contributed by atoms with E-state index in [-0.39, 0.29) is 24.3 Å². The van der Waals surface area contributed by atoms with Gasteiger partial charge in [-0.15, -0.1) is 0 Å². The minimum absolute atomic E-state index is 0.182. The molecule has 1 fully saturated rings. The minimum Gasteiger partial charge on any atom is -0.493 e. The largest absolute Gasteiger partial charge is 0.494 e. The van der Waals surface area contributed by atoms with Crippen molar-refractivity contribution in [1.29, 1.82) is 0 Å². The Morgan fingerprint density at radius 1 is 1.16 bits per heavy atom. The lowest BCUT2D eigenvalue weighted by Gasteiger charge is -2.32. The van der Waals surface area contributed by atoms with Gasteiger partial charge in [-0.1, -0.05) is 12.1 Å². The number of carbonyl (C=O) groups excluding carboxylic acids is 1. The molecule has 2 rings (SSSR count). The smallest absolute Gasteiger partial charge is 0.493 e. The second kappa shape index (κ2) is 7.79. The first-order valence-electron chi connectivity index (χ1n) is 8.91. The normalized spacial score (nSPS) is 18.2. The van der Waals surface area contributed by atoms with Gasteiger partial charge in [-0.25, -0.2) is 0 Å². The molecule has 0 aromatic heterocycles. The van der Waals surface area contributed by atoms with Crippen LogP contribution in [0.5, 0.6) is 5.75 Å². The summed E-state index contributed by atoms with van der Waals surface area (Å²) in [5, 5.41) is 0. The number of aryl methyl sites for hydroxylation is 1. The Bertz CT molecular complexity index is 596. The van der Waals surface area contributed by atoms with Gasteiger partial charge in [0.05, 0.1) is 24.4 Å². The standard InChI is InChI=1S/C19H29BO5/c1-7-22-17(21)9-8-12-23-16-11-10-15(13-14(16)2)20-24-18(3,4)19(5,6)25-20/h10-11,13H,7-9,12H2,1-6H3. The van der Waals surface area contributed by atoms with Gasteiger partial charge in [-0.3, -0.25) is 4.79 Å². The molecule has 1 aromatic carbocycles. The van der Waals surface area contributed by atoms with Crippen LogP contribution < -0.4 is 10.2 Å². The molecule has 0 saturated carbocycles. The van der Waals surface area contributed by atoms with E-state index in [1.807, 2.05) is 52.8 Å². The highest BCUT2D eigenvalue weighted by Gasteiger charge is 2.51. The number of benzene rings is 1. The molecular weight excluding hydrogens is 319 g/mol. The average molecular weight is 348 g/mol. The van der Waals surface area contributed by atoms with Crippen molar-refractivity contribution in [2.45, 2.75) is 65.6 Å². The second-order valence-electron chi connectivity index (χ2n) is 7.37. The molecule has 6 heteroatoms. The Balaban J connectivity index is 1.92. The third kappa shape index (κ3) is 4.76. The third-order valence-corrected chi connectivity index (χ3v) is 4.81. The van der Waals surface area contributed by atoms with Crippen LogP contribution in [0.4, 0.5) is 0 Å². The third-order valence-electron chi connectivity index (χ3n) is 4.81. The maximum atomic E-state index is 11.3. The zero-order valence-electron chi connectivity index (χ0n) is 16.2. The summed E-state index contributed by atoms with van der Waals surface area (Å²) in [6.45, 7) is 12.9. The van der Waals surface area contributed by atoms with Crippen molar-refractivity contribution >= 4 is 18.6 Å². The molecule has 1 aliphatic rings. The second-order valence-corrected chi connectivity index (χ2v) is 7.37. The van der Waals surface area contributed by atoms with Crippen LogP contribution in [0.15, 0.2) is 18.2 Å². The summed E-state index contributed by atoms with van der Waals surface area (Å²) in [6.07, 6.45) is 1.01. The van der Waals surface area contributed by atoms with Crippen LogP contribution >= 0.6 is 0 Å². The molecule has 5 nitrogen and oxygen atoms in total. The number of esters is 1. The van der Waals surface area contributed by atoms with Crippen LogP contribution in [-0.2, 0) is 18.8 Å². The van der Waals surface area contributed by atoms with Crippen LogP contribution in [0.2, 0.25) is 0 Å². The number of rotatable bonds is 7. The topological polar surface area (TPSA) is 54.0 Å². The maximum Gasteiger partial charge on any atom is 0.494 e. The van der Waals surface area contributed by atoms with Crippen LogP contribution in [0.25, 0.3) is 0 Å². The van der Waals surface area contributed by atoms with Crippen molar-refractivity contribution in [1.82, 2.24) is 0 Å². The Labute approximate surface area is 151 Å². The number of carbonyl (C=O) groups is 1. The lowest BCUT2D eigenvalue weighted by Crippen LogP contribution is -2.41. The first kappa shape index (κ1) is 19.8. The number of ether oxygens (including phenoxy) is 2. The van der Waals surface area contributed by atoms with Gasteiger partial charge in [-0.05, 0) is 65.1 Å². The Morgan fingerprint density at radius 3 is 2.36 bits per heavy atom. The molecule has 0 atom stereocenters. The van der Waals surface area contributed by atoms with E-state index < -0.39 is 0 Å². The lowest BCUT2D eigenvalue weighted by molar-refractivity contribution is -0.143. The average Bonchev–Trinajstić information content (AvgIpc) is 2.73. The molecule has 138 valence electrons. The molecule has 0 radical (unpaired) electrons. The molecule has 0 unspecified atom stereocenters. The fourth-order valence-electron chi connectivity index (χ4n) is 2.59. The van der Waals surface area contributed by atoms with E-state index in [1.54, 1.807) is 6.92 Å². The molecular formula is C19H29BO5. The first-order valence-corrected chi connectivity index (χ1v) is 8.91. The Kier molecular flexibility index (Phi) is 6.17. The predicted octanol–water partition coefficient (Wildman–Crippen LogP) is 3.02. The maximum absolute atomic E-state index is 11.3. The van der Waals surface area contributed by atoms with Crippen LogP contribution in [0.3, 0.4) is 0 Å². The van der Waals surface area contributed by atoms with Crippen LogP contribution in [-0.4, -0.2) is 37.5 Å². The quantitative estimate of drug-likeness (QED) is 0.431. The van der Waals surface area contributed by atoms with E-state index in [9.17, 15) is 4.79 Å². The van der Waals surface area contributed by atoms with E-state index in [1.165, 1.54) is 0 Å². The summed E-state index contributed by atoms with van der Waals surface area (Å²) >= 11 is 0. The highest BCUT2D eigenvalue weighted by molar-refractivity contribution is 6.62. The zero-order valence-corrected chi connectivity index (χ0v) is 16.2. The van der Waals surface area contributed by atoms with Crippen molar-refractivity contribution in [3.63, 3.8) is 0 Å².